The normalized spacial score (nSPS) is 12.2. The maximum Gasteiger partial charge on any atom is 0.123 e. The fourth-order valence-electron chi connectivity index (χ4n) is 7.42. The standard InChI is InChI=1S/C46H42F2N2Si2/c1-51(2,3)39-23-19-37(20-24-39)49(35-15-11-33(47)12-16-35)43-29-9-31-8-28-42-44(30-10-32-7-27-41(43)45(31)46(32)42)50(36-17-13-34(48)14-18-36)38-21-25-40(26-22-38)52(4,5)6/h7-30H,1-6H3. The van der Waals surface area contributed by atoms with Crippen LogP contribution < -0.4 is 20.2 Å². The van der Waals surface area contributed by atoms with Crippen LogP contribution in [0.25, 0.3) is 32.3 Å². The molecule has 8 aromatic rings. The summed E-state index contributed by atoms with van der Waals surface area (Å²) >= 11 is 0. The van der Waals surface area contributed by atoms with E-state index in [-0.39, 0.29) is 11.6 Å². The molecule has 6 heteroatoms. The maximum absolute atomic E-state index is 14.3. The van der Waals surface area contributed by atoms with E-state index in [1.54, 1.807) is 0 Å². The third kappa shape index (κ3) is 6.06. The summed E-state index contributed by atoms with van der Waals surface area (Å²) in [4.78, 5) is 4.48. The number of hydrogen-bond acceptors (Lipinski definition) is 2. The highest BCUT2D eigenvalue weighted by Crippen LogP contribution is 2.47. The molecule has 8 rings (SSSR count). The number of anilines is 6. The smallest absolute Gasteiger partial charge is 0.123 e. The van der Waals surface area contributed by atoms with Gasteiger partial charge in [0, 0.05) is 33.5 Å². The van der Waals surface area contributed by atoms with Gasteiger partial charge in [0.05, 0.1) is 27.5 Å². The first-order valence-electron chi connectivity index (χ1n) is 17.9. The quantitative estimate of drug-likeness (QED) is 0.114. The summed E-state index contributed by atoms with van der Waals surface area (Å²) in [5, 5.41) is 9.64. The lowest BCUT2D eigenvalue weighted by atomic mass is 9.91. The van der Waals surface area contributed by atoms with Crippen LogP contribution in [0.3, 0.4) is 0 Å². The molecule has 0 unspecified atom stereocenters. The van der Waals surface area contributed by atoms with Gasteiger partial charge in [-0.3, -0.25) is 0 Å². The maximum atomic E-state index is 14.3. The SMILES string of the molecule is C[Si](C)(C)c1ccc(N(c2ccc(F)cc2)c2ccc3ccc4c(N(c5ccc(F)cc5)c5ccc([Si](C)(C)C)cc5)ccc5ccc2c3c54)cc1. The van der Waals surface area contributed by atoms with E-state index >= 15 is 0 Å². The fraction of sp³-hybridized carbons (Fsp3) is 0.130. The zero-order valence-electron chi connectivity index (χ0n) is 30.5. The second kappa shape index (κ2) is 12.7. The van der Waals surface area contributed by atoms with Crippen molar-refractivity contribution in [1.82, 2.24) is 0 Å². The molecule has 52 heavy (non-hydrogen) atoms. The van der Waals surface area contributed by atoms with Crippen molar-refractivity contribution in [1.29, 1.82) is 0 Å². The van der Waals surface area contributed by atoms with E-state index in [9.17, 15) is 8.78 Å². The zero-order valence-corrected chi connectivity index (χ0v) is 32.5. The molecule has 0 fully saturated rings. The lowest BCUT2D eigenvalue weighted by Gasteiger charge is -2.30. The van der Waals surface area contributed by atoms with Gasteiger partial charge >= 0.3 is 0 Å². The van der Waals surface area contributed by atoms with Crippen molar-refractivity contribution in [3.8, 4) is 0 Å². The van der Waals surface area contributed by atoms with Gasteiger partial charge in [0.1, 0.15) is 11.6 Å². The van der Waals surface area contributed by atoms with Crippen LogP contribution >= 0.6 is 0 Å². The summed E-state index contributed by atoms with van der Waals surface area (Å²) in [6.07, 6.45) is 0. The molecule has 0 heterocycles. The molecule has 8 aromatic carbocycles. The second-order valence-corrected chi connectivity index (χ2v) is 26.0. The molecular weight excluding hydrogens is 675 g/mol. The molecule has 2 nitrogen and oxygen atoms in total. The van der Waals surface area contributed by atoms with Crippen LogP contribution in [0.1, 0.15) is 0 Å². The molecular formula is C46H42F2N2Si2. The number of halogens is 2. The Bertz CT molecular complexity index is 2350. The Balaban J connectivity index is 1.36. The lowest BCUT2D eigenvalue weighted by Crippen LogP contribution is -2.37. The van der Waals surface area contributed by atoms with Gasteiger partial charge in [-0.25, -0.2) is 8.78 Å². The molecule has 0 atom stereocenters. The first-order valence-corrected chi connectivity index (χ1v) is 24.9. The number of hydrogen-bond donors (Lipinski definition) is 0. The summed E-state index contributed by atoms with van der Waals surface area (Å²) in [7, 11) is -3.02. The van der Waals surface area contributed by atoms with Crippen molar-refractivity contribution in [2.24, 2.45) is 0 Å². The lowest BCUT2D eigenvalue weighted by molar-refractivity contribution is 0.627. The van der Waals surface area contributed by atoms with Gasteiger partial charge in [-0.15, -0.1) is 0 Å². The molecule has 0 N–H and O–H groups in total. The van der Waals surface area contributed by atoms with Crippen molar-refractivity contribution in [3.05, 3.63) is 157 Å². The topological polar surface area (TPSA) is 6.48 Å². The van der Waals surface area contributed by atoms with Crippen molar-refractivity contribution in [2.45, 2.75) is 39.3 Å². The summed E-state index contributed by atoms with van der Waals surface area (Å²) in [5.74, 6) is -0.525. The van der Waals surface area contributed by atoms with Crippen molar-refractivity contribution >= 4 is 93.0 Å². The molecule has 0 aliphatic rings. The molecule has 0 amide bonds. The molecule has 0 aliphatic carbocycles. The van der Waals surface area contributed by atoms with Crippen molar-refractivity contribution in [3.63, 3.8) is 0 Å². The van der Waals surface area contributed by atoms with E-state index in [0.717, 1.165) is 55.7 Å². The molecule has 0 spiro atoms. The van der Waals surface area contributed by atoms with E-state index in [1.807, 2.05) is 24.3 Å². The predicted octanol–water partition coefficient (Wildman–Crippen LogP) is 12.9. The highest BCUT2D eigenvalue weighted by Gasteiger charge is 2.23. The van der Waals surface area contributed by atoms with E-state index < -0.39 is 16.1 Å². The Morgan fingerprint density at radius 2 is 0.635 bits per heavy atom. The van der Waals surface area contributed by atoms with Gasteiger partial charge in [-0.2, -0.15) is 0 Å². The molecule has 258 valence electrons. The van der Waals surface area contributed by atoms with Crippen LogP contribution in [0.2, 0.25) is 39.3 Å². The predicted molar refractivity (Wildman–Crippen MR) is 225 cm³/mol. The van der Waals surface area contributed by atoms with Crippen LogP contribution in [0.4, 0.5) is 42.9 Å². The average Bonchev–Trinajstić information content (AvgIpc) is 3.13. The molecule has 0 saturated heterocycles. The number of rotatable bonds is 8. The van der Waals surface area contributed by atoms with E-state index in [1.165, 1.54) is 45.4 Å². The van der Waals surface area contributed by atoms with E-state index in [4.69, 9.17) is 0 Å². The molecule has 0 aliphatic heterocycles. The molecule has 0 aromatic heterocycles. The Morgan fingerprint density at radius 1 is 0.346 bits per heavy atom. The largest absolute Gasteiger partial charge is 0.310 e. The minimum absolute atomic E-state index is 0.262. The summed E-state index contributed by atoms with van der Waals surface area (Å²) in [5.41, 5.74) is 5.88. The van der Waals surface area contributed by atoms with Gasteiger partial charge in [0.2, 0.25) is 0 Å². The van der Waals surface area contributed by atoms with Crippen LogP contribution in [0.15, 0.2) is 146 Å². The Kier molecular flexibility index (Phi) is 8.28. The molecule has 0 bridgehead atoms. The third-order valence-corrected chi connectivity index (χ3v) is 14.4. The monoisotopic (exact) mass is 716 g/mol. The Hall–Kier alpha value is -5.31. The molecule has 0 saturated carbocycles. The Labute approximate surface area is 306 Å². The molecule has 0 radical (unpaired) electrons. The third-order valence-electron chi connectivity index (χ3n) is 10.3. The fourth-order valence-corrected chi connectivity index (χ4v) is 9.75. The minimum atomic E-state index is -1.51. The zero-order chi connectivity index (χ0) is 36.4. The van der Waals surface area contributed by atoms with Gasteiger partial charge in [0.25, 0.3) is 0 Å². The first kappa shape index (κ1) is 33.8. The minimum Gasteiger partial charge on any atom is -0.310 e. The van der Waals surface area contributed by atoms with Crippen LogP contribution in [0.5, 0.6) is 0 Å². The summed E-state index contributed by atoms with van der Waals surface area (Å²) in [6.45, 7) is 14.1. The van der Waals surface area contributed by atoms with E-state index in [2.05, 4.69) is 146 Å². The number of nitrogens with zero attached hydrogens (tertiary/aromatic N) is 2. The first-order chi connectivity index (χ1) is 24.9. The number of benzene rings is 8. The van der Waals surface area contributed by atoms with E-state index in [0.29, 0.717) is 0 Å². The highest BCUT2D eigenvalue weighted by atomic mass is 28.3. The van der Waals surface area contributed by atoms with Crippen LogP contribution in [-0.2, 0) is 0 Å². The highest BCUT2D eigenvalue weighted by molar-refractivity contribution is 6.89. The van der Waals surface area contributed by atoms with Crippen LogP contribution in [0, 0.1) is 11.6 Å². The summed E-state index contributed by atoms with van der Waals surface area (Å²) < 4.78 is 28.5. The van der Waals surface area contributed by atoms with Crippen molar-refractivity contribution in [2.75, 3.05) is 9.80 Å². The average molecular weight is 717 g/mol. The summed E-state index contributed by atoms with van der Waals surface area (Å²) in [6, 6.07) is 48.9. The Morgan fingerprint density at radius 3 is 0.942 bits per heavy atom. The van der Waals surface area contributed by atoms with Gasteiger partial charge in [-0.05, 0) is 106 Å². The van der Waals surface area contributed by atoms with Crippen molar-refractivity contribution < 1.29 is 8.78 Å². The second-order valence-electron chi connectivity index (χ2n) is 15.8. The van der Waals surface area contributed by atoms with Crippen LogP contribution in [-0.4, -0.2) is 16.1 Å². The van der Waals surface area contributed by atoms with Gasteiger partial charge in [-0.1, -0.05) is 110 Å². The van der Waals surface area contributed by atoms with Gasteiger partial charge < -0.3 is 9.80 Å². The van der Waals surface area contributed by atoms with Gasteiger partial charge in [0.15, 0.2) is 0 Å².